The van der Waals surface area contributed by atoms with Gasteiger partial charge in [0.25, 0.3) is 0 Å². The highest BCUT2D eigenvalue weighted by Gasteiger charge is 2.31. The van der Waals surface area contributed by atoms with Gasteiger partial charge in [-0.1, -0.05) is 190 Å². The van der Waals surface area contributed by atoms with E-state index in [2.05, 4.69) is 89.2 Å². The predicted molar refractivity (Wildman–Crippen MR) is 376 cm³/mol. The fraction of sp³-hybridized carbons (Fsp3) is 0.167. The van der Waals surface area contributed by atoms with Crippen molar-refractivity contribution in [2.45, 2.75) is 53.9 Å². The monoisotopic (exact) mass is 1300 g/mol. The van der Waals surface area contributed by atoms with Gasteiger partial charge in [-0.05, 0) is 85.1 Å². The molecule has 0 unspecified atom stereocenters. The Morgan fingerprint density at radius 1 is 0.378 bits per heavy atom. The summed E-state index contributed by atoms with van der Waals surface area (Å²) in [5.41, 5.74) is 52.9. The van der Waals surface area contributed by atoms with Gasteiger partial charge in [0, 0.05) is 105 Å². The Bertz CT molecular complexity index is 4610. The summed E-state index contributed by atoms with van der Waals surface area (Å²) in [7, 11) is 7.08. The molecule has 7 heterocycles. The van der Waals surface area contributed by atoms with Crippen LogP contribution in [0.4, 0.5) is 22.7 Å². The van der Waals surface area contributed by atoms with Crippen LogP contribution < -0.4 is 19.6 Å². The summed E-state index contributed by atoms with van der Waals surface area (Å²) in [6.07, 6.45) is 0. The number of aryl methyl sites for hydroxylation is 3. The molecule has 0 aliphatic carbocycles. The third-order valence-electron chi connectivity index (χ3n) is 16.1. The lowest BCUT2D eigenvalue weighted by atomic mass is 9.95. The molecule has 2 N–H and O–H groups in total. The van der Waals surface area contributed by atoms with Crippen molar-refractivity contribution in [3.8, 4) is 79.4 Å². The summed E-state index contributed by atoms with van der Waals surface area (Å²) in [6.45, 7) is 8.55. The van der Waals surface area contributed by atoms with Crippen molar-refractivity contribution in [2.75, 3.05) is 26.6 Å². The Kier molecular flexibility index (Phi) is 22.4. The van der Waals surface area contributed by atoms with Crippen molar-refractivity contribution in [3.63, 3.8) is 0 Å². The maximum atomic E-state index is 12.2. The van der Waals surface area contributed by atoms with Crippen molar-refractivity contribution in [2.24, 2.45) is 26.3 Å². The third-order valence-corrected chi connectivity index (χ3v) is 16.1. The van der Waals surface area contributed by atoms with Gasteiger partial charge in [0.15, 0.2) is 0 Å². The van der Waals surface area contributed by atoms with Crippen molar-refractivity contribution in [1.82, 2.24) is 45.0 Å². The number of aromatic nitrogens is 9. The lowest BCUT2D eigenvalue weighted by molar-refractivity contribution is -0.117. The van der Waals surface area contributed by atoms with Crippen molar-refractivity contribution in [3.05, 3.63) is 259 Å². The molecular weight excluding hydrogens is 1240 g/mol. The van der Waals surface area contributed by atoms with Crippen molar-refractivity contribution >= 4 is 46.4 Å². The minimum absolute atomic E-state index is 0.0135. The number of nitrogens with zero attached hydrogens (tertiary/aromatic N) is 20. The van der Waals surface area contributed by atoms with E-state index in [-0.39, 0.29) is 23.6 Å². The number of amides is 4. The molecule has 4 aliphatic heterocycles. The van der Waals surface area contributed by atoms with Gasteiger partial charge in [-0.25, -0.2) is 14.0 Å². The Balaban J connectivity index is 0.000000146. The number of azide groups is 1. The molecule has 0 radical (unpaired) electrons. The number of hydrogen-bond donors (Lipinski definition) is 2. The summed E-state index contributed by atoms with van der Waals surface area (Å²) < 4.78 is 5.40. The van der Waals surface area contributed by atoms with E-state index < -0.39 is 0 Å². The molecule has 26 heteroatoms. The molecule has 26 nitrogen and oxygen atoms in total. The standard InChI is InChI=1S/3C18H16N4O.C17H13NO.CH3N3.2HN3/c3*1-12(23)22-11-13-7-3-4-8-14(13)18-17(19-20-21(18)2)15-9-5-6-10-16(15)22;1-13(19)18-12-16-8-3-2-6-14(16)10-11-15-7-4-5-9-17(15)18;1-3-4-2;2*1-3-2/h3*3-10H,11H2,1-2H3;2-9H,12H2,1H3;1H3;2*1H. The average Bonchev–Trinajstić information content (AvgIpc) is 1.78. The smallest absolute Gasteiger partial charge is 0.224 e. The molecule has 0 saturated carbocycles. The second-order valence-corrected chi connectivity index (χ2v) is 22.1. The number of carbonyl (C=O) groups is 4. The van der Waals surface area contributed by atoms with Crippen LogP contribution in [0.25, 0.3) is 98.9 Å². The molecule has 4 amide bonds. The number of hydrogen-bond acceptors (Lipinski definition) is 13. The van der Waals surface area contributed by atoms with Crippen LogP contribution >= 0.6 is 0 Å². The zero-order valence-corrected chi connectivity index (χ0v) is 54.9. The van der Waals surface area contributed by atoms with E-state index in [0.29, 0.717) is 26.2 Å². The van der Waals surface area contributed by atoms with E-state index in [1.165, 1.54) is 7.05 Å². The van der Waals surface area contributed by atoms with Gasteiger partial charge in [-0.3, -0.25) is 19.2 Å². The molecule has 0 bridgehead atoms. The Morgan fingerprint density at radius 2 is 0.612 bits per heavy atom. The van der Waals surface area contributed by atoms with Gasteiger partial charge in [0.1, 0.15) is 17.1 Å². The molecule has 0 atom stereocenters. The summed E-state index contributed by atoms with van der Waals surface area (Å²) in [6, 6.07) is 63.6. The van der Waals surface area contributed by atoms with E-state index in [4.69, 9.17) is 27.7 Å². The molecule has 0 saturated heterocycles. The second-order valence-electron chi connectivity index (χ2n) is 22.1. The van der Waals surface area contributed by atoms with Gasteiger partial charge in [0.2, 0.25) is 23.6 Å². The largest absolute Gasteiger partial charge is 0.308 e. The molecule has 11 aromatic rings. The molecule has 488 valence electrons. The third kappa shape index (κ3) is 15.0. The predicted octanol–water partition coefficient (Wildman–Crippen LogP) is 14.7. The van der Waals surface area contributed by atoms with Crippen LogP contribution in [0.15, 0.2) is 199 Å². The first-order valence-corrected chi connectivity index (χ1v) is 30.5. The summed E-state index contributed by atoms with van der Waals surface area (Å²) in [5.74, 6) is 6.43. The molecule has 0 spiro atoms. The van der Waals surface area contributed by atoms with Crippen molar-refractivity contribution < 1.29 is 19.2 Å². The van der Waals surface area contributed by atoms with Crippen LogP contribution in [0.1, 0.15) is 61.1 Å². The lowest BCUT2D eigenvalue weighted by Crippen LogP contribution is -2.29. The number of benzene rings is 8. The van der Waals surface area contributed by atoms with Crippen LogP contribution in [-0.2, 0) is 66.5 Å². The molecule has 0 fully saturated rings. The fourth-order valence-electron chi connectivity index (χ4n) is 11.8. The van der Waals surface area contributed by atoms with Crippen LogP contribution in [0, 0.1) is 22.9 Å². The Labute approximate surface area is 564 Å². The number of carbonyl (C=O) groups excluding carboxylic acids is 4. The van der Waals surface area contributed by atoms with E-state index >= 15 is 0 Å². The number of nitrogens with one attached hydrogen (secondary N) is 2. The highest BCUT2D eigenvalue weighted by Crippen LogP contribution is 2.44. The molecular formula is C72H66N22O4. The van der Waals surface area contributed by atoms with Crippen LogP contribution in [0.5, 0.6) is 0 Å². The number of anilines is 4. The zero-order valence-electron chi connectivity index (χ0n) is 54.9. The van der Waals surface area contributed by atoms with Gasteiger partial charge < -0.3 is 19.6 Å². The summed E-state index contributed by atoms with van der Waals surface area (Å²) in [4.78, 5) is 61.7. The van der Waals surface area contributed by atoms with Crippen LogP contribution in [-0.4, -0.2) is 75.7 Å². The molecule has 98 heavy (non-hydrogen) atoms. The lowest BCUT2D eigenvalue weighted by Gasteiger charge is -2.27. The minimum atomic E-state index is 0.0135. The first-order chi connectivity index (χ1) is 47.5. The van der Waals surface area contributed by atoms with E-state index in [9.17, 15) is 19.2 Å². The normalized spacial score (nSPS) is 11.7. The maximum absolute atomic E-state index is 12.2. The van der Waals surface area contributed by atoms with E-state index in [0.717, 1.165) is 124 Å². The van der Waals surface area contributed by atoms with Gasteiger partial charge >= 0.3 is 0 Å². The SMILES string of the molecule is CC(=O)N1Cc2ccccc2-c2c(nnn2C)-c2ccccc21.CC(=O)N1Cc2ccccc2-c2c(nnn2C)-c2ccccc21.CC(=O)N1Cc2ccccc2-c2c(nnn2C)-c2ccccc21.CC(=O)N1Cc2ccccc2C#Cc2ccccc21.CN=[N+]=[N-].[N-]=[N+]=N.[N-]=[N+]=N. The summed E-state index contributed by atoms with van der Waals surface area (Å²) in [5, 5.41) is 28.7. The number of fused-ring (bicyclic) bond motifs is 17. The molecule has 8 aromatic carbocycles. The minimum Gasteiger partial charge on any atom is -0.308 e. The fourth-order valence-corrected chi connectivity index (χ4v) is 11.8. The molecule has 15 rings (SSSR count). The first-order valence-electron chi connectivity index (χ1n) is 30.5. The van der Waals surface area contributed by atoms with E-state index in [1.54, 1.807) is 71.2 Å². The Morgan fingerprint density at radius 3 is 0.929 bits per heavy atom. The van der Waals surface area contributed by atoms with Gasteiger partial charge in [0.05, 0.1) is 66.0 Å². The average molecular weight is 1300 g/mol. The van der Waals surface area contributed by atoms with E-state index in [1.807, 2.05) is 179 Å². The first kappa shape index (κ1) is 68.9. The van der Waals surface area contributed by atoms with Crippen LogP contribution in [0.2, 0.25) is 0 Å². The van der Waals surface area contributed by atoms with Crippen molar-refractivity contribution in [1.29, 1.82) is 11.1 Å². The quantitative estimate of drug-likeness (QED) is 0.0625. The summed E-state index contributed by atoms with van der Waals surface area (Å²) >= 11 is 0. The van der Waals surface area contributed by atoms with Gasteiger partial charge in [-0.2, -0.15) is 0 Å². The van der Waals surface area contributed by atoms with Gasteiger partial charge in [-0.15, -0.1) is 26.4 Å². The second kappa shape index (κ2) is 31.9. The highest BCUT2D eigenvalue weighted by atomic mass is 16.2. The Hall–Kier alpha value is -13.5. The molecule has 3 aromatic heterocycles. The number of para-hydroxylation sites is 4. The zero-order chi connectivity index (χ0) is 70.0. The highest BCUT2D eigenvalue weighted by molar-refractivity contribution is 6.02. The van der Waals surface area contributed by atoms with Crippen LogP contribution in [0.3, 0.4) is 0 Å². The maximum Gasteiger partial charge on any atom is 0.224 e. The topological polar surface area (TPSA) is 343 Å². The number of rotatable bonds is 0. The molecule has 4 aliphatic rings.